The van der Waals surface area contributed by atoms with E-state index >= 15 is 0 Å². The first kappa shape index (κ1) is 15.9. The second kappa shape index (κ2) is 7.51. The van der Waals surface area contributed by atoms with Crippen LogP contribution in [0.2, 0.25) is 0 Å². The van der Waals surface area contributed by atoms with Crippen LogP contribution in [0.25, 0.3) is 0 Å². The van der Waals surface area contributed by atoms with Crippen LogP contribution in [0.4, 0.5) is 0 Å². The zero-order chi connectivity index (χ0) is 14.5. The third-order valence-electron chi connectivity index (χ3n) is 4.75. The van der Waals surface area contributed by atoms with Gasteiger partial charge in [-0.1, -0.05) is 45.7 Å². The van der Waals surface area contributed by atoms with E-state index in [4.69, 9.17) is 5.73 Å². The molecule has 1 aromatic carbocycles. The van der Waals surface area contributed by atoms with Crippen LogP contribution < -0.4 is 5.73 Å². The SMILES string of the molecule is CCC1CCC(CN)C(Sc2ccc(C(C)C)cc2)C1. The zero-order valence-corrected chi connectivity index (χ0v) is 14.0. The topological polar surface area (TPSA) is 26.0 Å². The molecule has 1 aromatic rings. The van der Waals surface area contributed by atoms with Crippen LogP contribution in [-0.2, 0) is 0 Å². The summed E-state index contributed by atoms with van der Waals surface area (Å²) in [5.41, 5.74) is 7.42. The molecular formula is C18H29NS. The van der Waals surface area contributed by atoms with Gasteiger partial charge in [0.1, 0.15) is 0 Å². The predicted molar refractivity (Wildman–Crippen MR) is 90.4 cm³/mol. The van der Waals surface area contributed by atoms with Gasteiger partial charge in [-0.25, -0.2) is 0 Å². The van der Waals surface area contributed by atoms with Crippen molar-refractivity contribution in [3.8, 4) is 0 Å². The van der Waals surface area contributed by atoms with Crippen molar-refractivity contribution in [3.63, 3.8) is 0 Å². The summed E-state index contributed by atoms with van der Waals surface area (Å²) in [6.45, 7) is 7.67. The average Bonchev–Trinajstić information content (AvgIpc) is 2.47. The van der Waals surface area contributed by atoms with E-state index in [0.29, 0.717) is 17.1 Å². The number of thioether (sulfide) groups is 1. The summed E-state index contributed by atoms with van der Waals surface area (Å²) < 4.78 is 0. The molecule has 3 atom stereocenters. The summed E-state index contributed by atoms with van der Waals surface area (Å²) >= 11 is 2.06. The summed E-state index contributed by atoms with van der Waals surface area (Å²) in [5, 5.41) is 0.712. The van der Waals surface area contributed by atoms with Crippen molar-refractivity contribution in [2.24, 2.45) is 17.6 Å². The Labute approximate surface area is 128 Å². The molecule has 112 valence electrons. The molecule has 2 heteroatoms. The maximum absolute atomic E-state index is 5.98. The van der Waals surface area contributed by atoms with Crippen molar-refractivity contribution >= 4 is 11.8 Å². The van der Waals surface area contributed by atoms with Gasteiger partial charge < -0.3 is 5.73 Å². The standard InChI is InChI=1S/C18H29NS/c1-4-14-5-6-16(12-19)18(11-14)20-17-9-7-15(8-10-17)13(2)3/h7-10,13-14,16,18H,4-6,11-12,19H2,1-3H3. The molecule has 0 amide bonds. The van der Waals surface area contributed by atoms with E-state index in [1.54, 1.807) is 0 Å². The number of hydrogen-bond acceptors (Lipinski definition) is 2. The van der Waals surface area contributed by atoms with E-state index in [0.717, 1.165) is 12.5 Å². The lowest BCUT2D eigenvalue weighted by Gasteiger charge is -2.35. The second-order valence-corrected chi connectivity index (χ2v) is 7.78. The lowest BCUT2D eigenvalue weighted by atomic mass is 9.80. The predicted octanol–water partition coefficient (Wildman–Crippen LogP) is 5.06. The highest BCUT2D eigenvalue weighted by molar-refractivity contribution is 8.00. The van der Waals surface area contributed by atoms with Gasteiger partial charge in [0, 0.05) is 10.1 Å². The molecule has 2 N–H and O–H groups in total. The van der Waals surface area contributed by atoms with Crippen molar-refractivity contribution in [3.05, 3.63) is 29.8 Å². The molecule has 1 fully saturated rings. The van der Waals surface area contributed by atoms with E-state index in [2.05, 4.69) is 56.8 Å². The highest BCUT2D eigenvalue weighted by Crippen LogP contribution is 2.40. The average molecular weight is 292 g/mol. The third kappa shape index (κ3) is 4.02. The van der Waals surface area contributed by atoms with E-state index in [1.165, 1.54) is 36.1 Å². The van der Waals surface area contributed by atoms with Gasteiger partial charge in [-0.15, -0.1) is 11.8 Å². The fourth-order valence-electron chi connectivity index (χ4n) is 3.17. The Bertz CT molecular complexity index is 398. The number of nitrogens with two attached hydrogens (primary N) is 1. The molecule has 0 heterocycles. The summed E-state index contributed by atoms with van der Waals surface area (Å²) in [6, 6.07) is 9.15. The van der Waals surface area contributed by atoms with Gasteiger partial charge in [-0.2, -0.15) is 0 Å². The fraction of sp³-hybridized carbons (Fsp3) is 0.667. The minimum Gasteiger partial charge on any atom is -0.330 e. The van der Waals surface area contributed by atoms with Gasteiger partial charge in [0.2, 0.25) is 0 Å². The lowest BCUT2D eigenvalue weighted by Crippen LogP contribution is -2.32. The van der Waals surface area contributed by atoms with Crippen molar-refractivity contribution in [1.82, 2.24) is 0 Å². The molecule has 1 aliphatic carbocycles. The largest absolute Gasteiger partial charge is 0.330 e. The van der Waals surface area contributed by atoms with Gasteiger partial charge in [-0.3, -0.25) is 0 Å². The van der Waals surface area contributed by atoms with Crippen molar-refractivity contribution in [1.29, 1.82) is 0 Å². The Morgan fingerprint density at radius 1 is 1.20 bits per heavy atom. The maximum Gasteiger partial charge on any atom is 0.0137 e. The number of hydrogen-bond donors (Lipinski definition) is 1. The Kier molecular flexibility index (Phi) is 5.98. The van der Waals surface area contributed by atoms with Gasteiger partial charge in [0.25, 0.3) is 0 Å². The highest BCUT2D eigenvalue weighted by atomic mass is 32.2. The first-order chi connectivity index (χ1) is 9.63. The van der Waals surface area contributed by atoms with Crippen LogP contribution in [0.1, 0.15) is 57.9 Å². The Balaban J connectivity index is 2.02. The van der Waals surface area contributed by atoms with Crippen LogP contribution in [0.5, 0.6) is 0 Å². The van der Waals surface area contributed by atoms with E-state index < -0.39 is 0 Å². The van der Waals surface area contributed by atoms with Gasteiger partial charge in [0.15, 0.2) is 0 Å². The molecule has 2 rings (SSSR count). The van der Waals surface area contributed by atoms with Gasteiger partial charge in [0.05, 0.1) is 0 Å². The lowest BCUT2D eigenvalue weighted by molar-refractivity contribution is 0.284. The molecule has 0 bridgehead atoms. The monoisotopic (exact) mass is 291 g/mol. The Morgan fingerprint density at radius 3 is 2.45 bits per heavy atom. The number of rotatable bonds is 5. The maximum atomic E-state index is 5.98. The summed E-state index contributed by atoms with van der Waals surface area (Å²) in [7, 11) is 0. The van der Waals surface area contributed by atoms with Crippen LogP contribution in [0, 0.1) is 11.8 Å². The first-order valence-corrected chi connectivity index (χ1v) is 8.98. The van der Waals surface area contributed by atoms with Crippen molar-refractivity contribution in [2.45, 2.75) is 62.5 Å². The summed E-state index contributed by atoms with van der Waals surface area (Å²) in [5.74, 6) is 2.22. The smallest absolute Gasteiger partial charge is 0.0137 e. The van der Waals surface area contributed by atoms with Crippen LogP contribution >= 0.6 is 11.8 Å². The van der Waals surface area contributed by atoms with Crippen LogP contribution in [0.15, 0.2) is 29.2 Å². The van der Waals surface area contributed by atoms with Crippen LogP contribution in [0.3, 0.4) is 0 Å². The minimum atomic E-state index is 0.616. The first-order valence-electron chi connectivity index (χ1n) is 8.10. The molecule has 0 radical (unpaired) electrons. The third-order valence-corrected chi connectivity index (χ3v) is 6.18. The Hall–Kier alpha value is -0.470. The molecule has 0 spiro atoms. The van der Waals surface area contributed by atoms with Crippen LogP contribution in [-0.4, -0.2) is 11.8 Å². The molecule has 20 heavy (non-hydrogen) atoms. The summed E-state index contributed by atoms with van der Waals surface area (Å²) in [4.78, 5) is 1.41. The van der Waals surface area contributed by atoms with Crippen molar-refractivity contribution < 1.29 is 0 Å². The molecule has 0 aromatic heterocycles. The molecule has 3 unspecified atom stereocenters. The fourth-order valence-corrected chi connectivity index (χ4v) is 4.62. The number of benzene rings is 1. The minimum absolute atomic E-state index is 0.616. The molecule has 1 saturated carbocycles. The zero-order valence-electron chi connectivity index (χ0n) is 13.1. The van der Waals surface area contributed by atoms with Crippen molar-refractivity contribution in [2.75, 3.05) is 6.54 Å². The quantitative estimate of drug-likeness (QED) is 0.821. The molecule has 1 aliphatic rings. The molecular weight excluding hydrogens is 262 g/mol. The summed E-state index contributed by atoms with van der Waals surface area (Å²) in [6.07, 6.45) is 5.36. The second-order valence-electron chi connectivity index (χ2n) is 6.46. The molecule has 0 aliphatic heterocycles. The van der Waals surface area contributed by atoms with E-state index in [-0.39, 0.29) is 0 Å². The molecule has 1 nitrogen and oxygen atoms in total. The van der Waals surface area contributed by atoms with E-state index in [1.807, 2.05) is 0 Å². The van der Waals surface area contributed by atoms with Gasteiger partial charge >= 0.3 is 0 Å². The Morgan fingerprint density at radius 2 is 1.90 bits per heavy atom. The highest BCUT2D eigenvalue weighted by Gasteiger charge is 2.29. The van der Waals surface area contributed by atoms with Gasteiger partial charge in [-0.05, 0) is 54.8 Å². The molecule has 0 saturated heterocycles. The normalized spacial score (nSPS) is 26.9. The van der Waals surface area contributed by atoms with E-state index in [9.17, 15) is 0 Å².